The van der Waals surface area contributed by atoms with Gasteiger partial charge in [-0.25, -0.2) is 4.98 Å². The highest BCUT2D eigenvalue weighted by Gasteiger charge is 2.17. The summed E-state index contributed by atoms with van der Waals surface area (Å²) < 4.78 is 15.4. The second-order valence-corrected chi connectivity index (χ2v) is 7.92. The van der Waals surface area contributed by atoms with E-state index in [0.717, 1.165) is 28.5 Å². The van der Waals surface area contributed by atoms with Gasteiger partial charge < -0.3 is 23.4 Å². The van der Waals surface area contributed by atoms with Crippen molar-refractivity contribution in [3.8, 4) is 5.75 Å². The van der Waals surface area contributed by atoms with Crippen LogP contribution >= 0.6 is 0 Å². The number of anilines is 1. The Morgan fingerprint density at radius 2 is 2.00 bits per heavy atom. The van der Waals surface area contributed by atoms with Crippen LogP contribution in [0.5, 0.6) is 5.75 Å². The highest BCUT2D eigenvalue weighted by atomic mass is 16.5. The van der Waals surface area contributed by atoms with Crippen molar-refractivity contribution in [2.45, 2.75) is 27.0 Å². The minimum Gasteiger partial charge on any atom is -0.487 e. The van der Waals surface area contributed by atoms with Crippen molar-refractivity contribution in [3.05, 3.63) is 108 Å². The van der Waals surface area contributed by atoms with E-state index in [1.807, 2.05) is 91.3 Å². The summed E-state index contributed by atoms with van der Waals surface area (Å²) in [5.74, 6) is 1.35. The molecule has 1 aromatic carbocycles. The van der Waals surface area contributed by atoms with E-state index in [1.165, 1.54) is 0 Å². The quantitative estimate of drug-likeness (QED) is 0.376. The fraction of sp³-hybridized carbons (Fsp3) is 0.154. The molecule has 4 heterocycles. The molecule has 33 heavy (non-hydrogen) atoms. The minimum absolute atomic E-state index is 0.161. The standard InChI is InChI=1S/C26H24N4O3/c1-18-13-24(19(2)30(18)16-23-9-6-12-32-23)26(31)28-20-7-5-8-22(14-20)33-17-21-15-29-11-4-3-10-25(29)27-21/h3-15H,16-17H2,1-2H3,(H,28,31). The molecule has 0 aliphatic rings. The number of ether oxygens (including phenoxy) is 1. The Bertz CT molecular complexity index is 1380. The number of benzene rings is 1. The van der Waals surface area contributed by atoms with Crippen molar-refractivity contribution in [1.82, 2.24) is 14.0 Å². The highest BCUT2D eigenvalue weighted by molar-refractivity contribution is 6.05. The number of aromatic nitrogens is 3. The summed E-state index contributed by atoms with van der Waals surface area (Å²) in [5, 5.41) is 2.98. The summed E-state index contributed by atoms with van der Waals surface area (Å²) in [5.41, 5.74) is 4.90. The second kappa shape index (κ2) is 8.70. The van der Waals surface area contributed by atoms with Gasteiger partial charge in [-0.05, 0) is 56.3 Å². The van der Waals surface area contributed by atoms with Crippen molar-refractivity contribution in [1.29, 1.82) is 0 Å². The Hall–Kier alpha value is -4.26. The summed E-state index contributed by atoms with van der Waals surface area (Å²) in [6.07, 6.45) is 5.55. The fourth-order valence-electron chi connectivity index (χ4n) is 3.91. The van der Waals surface area contributed by atoms with Gasteiger partial charge in [0, 0.05) is 35.5 Å². The van der Waals surface area contributed by atoms with E-state index in [9.17, 15) is 4.79 Å². The maximum absolute atomic E-state index is 13.0. The first-order chi connectivity index (χ1) is 16.1. The SMILES string of the molecule is Cc1cc(C(=O)Nc2cccc(OCc3cn4ccccc4n3)c2)c(C)n1Cc1ccco1. The number of hydrogen-bond acceptors (Lipinski definition) is 4. The lowest BCUT2D eigenvalue weighted by Gasteiger charge is -2.10. The van der Waals surface area contributed by atoms with Crippen LogP contribution in [0.15, 0.2) is 83.7 Å². The van der Waals surface area contributed by atoms with Crippen LogP contribution in [0.3, 0.4) is 0 Å². The normalized spacial score (nSPS) is 11.1. The average molecular weight is 441 g/mol. The number of nitrogens with zero attached hydrogens (tertiary/aromatic N) is 3. The minimum atomic E-state index is -0.161. The van der Waals surface area contributed by atoms with Gasteiger partial charge in [0.2, 0.25) is 0 Å². The maximum Gasteiger partial charge on any atom is 0.257 e. The topological polar surface area (TPSA) is 73.7 Å². The predicted molar refractivity (Wildman–Crippen MR) is 126 cm³/mol. The van der Waals surface area contributed by atoms with Gasteiger partial charge in [-0.2, -0.15) is 0 Å². The first kappa shape index (κ1) is 20.6. The van der Waals surface area contributed by atoms with E-state index in [2.05, 4.69) is 14.9 Å². The molecule has 0 saturated heterocycles. The van der Waals surface area contributed by atoms with Crippen molar-refractivity contribution >= 4 is 17.2 Å². The Labute approximate surface area is 191 Å². The predicted octanol–water partition coefficient (Wildman–Crippen LogP) is 5.23. The summed E-state index contributed by atoms with van der Waals surface area (Å²) >= 11 is 0. The molecule has 0 bridgehead atoms. The maximum atomic E-state index is 13.0. The van der Waals surface area contributed by atoms with Gasteiger partial charge in [0.1, 0.15) is 23.8 Å². The lowest BCUT2D eigenvalue weighted by atomic mass is 10.2. The molecule has 166 valence electrons. The molecular weight excluding hydrogens is 416 g/mol. The summed E-state index contributed by atoms with van der Waals surface area (Å²) in [6, 6.07) is 18.9. The molecule has 1 amide bonds. The Kier molecular flexibility index (Phi) is 5.44. The molecule has 4 aromatic heterocycles. The van der Waals surface area contributed by atoms with Gasteiger partial charge in [0.15, 0.2) is 0 Å². The van der Waals surface area contributed by atoms with E-state index in [0.29, 0.717) is 30.2 Å². The summed E-state index contributed by atoms with van der Waals surface area (Å²) in [6.45, 7) is 4.86. The van der Waals surface area contributed by atoms with Crippen LogP contribution < -0.4 is 10.1 Å². The van der Waals surface area contributed by atoms with Crippen LogP contribution in [0.4, 0.5) is 5.69 Å². The smallest absolute Gasteiger partial charge is 0.257 e. The number of hydrogen-bond donors (Lipinski definition) is 1. The van der Waals surface area contributed by atoms with Gasteiger partial charge >= 0.3 is 0 Å². The molecule has 0 spiro atoms. The lowest BCUT2D eigenvalue weighted by Crippen LogP contribution is -2.13. The lowest BCUT2D eigenvalue weighted by molar-refractivity contribution is 0.102. The molecule has 0 aliphatic heterocycles. The number of amides is 1. The second-order valence-electron chi connectivity index (χ2n) is 7.92. The number of carbonyl (C=O) groups is 1. The summed E-state index contributed by atoms with van der Waals surface area (Å²) in [7, 11) is 0. The van der Waals surface area contributed by atoms with Crippen molar-refractivity contribution in [3.63, 3.8) is 0 Å². The number of furan rings is 1. The van der Waals surface area contributed by atoms with Crippen molar-refractivity contribution in [2.24, 2.45) is 0 Å². The van der Waals surface area contributed by atoms with Crippen LogP contribution in [-0.2, 0) is 13.2 Å². The number of imidazole rings is 1. The molecule has 7 heteroatoms. The molecule has 0 atom stereocenters. The molecule has 5 aromatic rings. The molecular formula is C26H24N4O3. The number of carbonyl (C=O) groups excluding carboxylic acids is 1. The number of pyridine rings is 1. The number of rotatable bonds is 7. The molecule has 1 N–H and O–H groups in total. The third kappa shape index (κ3) is 4.39. The van der Waals surface area contributed by atoms with E-state index in [4.69, 9.17) is 9.15 Å². The molecule has 0 unspecified atom stereocenters. The van der Waals surface area contributed by atoms with Gasteiger partial charge in [0.05, 0.1) is 24.1 Å². The molecule has 0 aliphatic carbocycles. The third-order valence-electron chi connectivity index (χ3n) is 5.60. The zero-order valence-electron chi connectivity index (χ0n) is 18.5. The average Bonchev–Trinajstić information content (AvgIpc) is 3.54. The molecule has 0 saturated carbocycles. The van der Waals surface area contributed by atoms with E-state index in [1.54, 1.807) is 6.26 Å². The number of aryl methyl sites for hydroxylation is 1. The number of fused-ring (bicyclic) bond motifs is 1. The van der Waals surface area contributed by atoms with Gasteiger partial charge in [-0.3, -0.25) is 4.79 Å². The summed E-state index contributed by atoms with van der Waals surface area (Å²) in [4.78, 5) is 17.5. The van der Waals surface area contributed by atoms with Crippen LogP contribution in [-0.4, -0.2) is 19.9 Å². The molecule has 0 radical (unpaired) electrons. The van der Waals surface area contributed by atoms with Crippen LogP contribution in [0.25, 0.3) is 5.65 Å². The van der Waals surface area contributed by atoms with Crippen molar-refractivity contribution in [2.75, 3.05) is 5.32 Å². The van der Waals surface area contributed by atoms with E-state index < -0.39 is 0 Å². The zero-order chi connectivity index (χ0) is 22.8. The van der Waals surface area contributed by atoms with Crippen molar-refractivity contribution < 1.29 is 13.9 Å². The Balaban J connectivity index is 1.27. The van der Waals surface area contributed by atoms with Gasteiger partial charge in [-0.15, -0.1) is 0 Å². The molecule has 0 fully saturated rings. The first-order valence-electron chi connectivity index (χ1n) is 10.7. The monoisotopic (exact) mass is 440 g/mol. The first-order valence-corrected chi connectivity index (χ1v) is 10.7. The number of nitrogens with one attached hydrogen (secondary N) is 1. The zero-order valence-corrected chi connectivity index (χ0v) is 18.5. The van der Waals surface area contributed by atoms with Crippen LogP contribution in [0.2, 0.25) is 0 Å². The van der Waals surface area contributed by atoms with Gasteiger partial charge in [0.25, 0.3) is 5.91 Å². The largest absolute Gasteiger partial charge is 0.487 e. The Morgan fingerprint density at radius 1 is 1.09 bits per heavy atom. The van der Waals surface area contributed by atoms with Crippen LogP contribution in [0.1, 0.15) is 33.2 Å². The van der Waals surface area contributed by atoms with Crippen LogP contribution in [0, 0.1) is 13.8 Å². The van der Waals surface area contributed by atoms with E-state index in [-0.39, 0.29) is 5.91 Å². The Morgan fingerprint density at radius 3 is 2.82 bits per heavy atom. The van der Waals surface area contributed by atoms with Gasteiger partial charge in [-0.1, -0.05) is 12.1 Å². The fourth-order valence-corrected chi connectivity index (χ4v) is 3.91. The molecule has 7 nitrogen and oxygen atoms in total. The highest BCUT2D eigenvalue weighted by Crippen LogP contribution is 2.22. The third-order valence-corrected chi connectivity index (χ3v) is 5.60. The van der Waals surface area contributed by atoms with E-state index >= 15 is 0 Å². The molecule has 5 rings (SSSR count).